The van der Waals surface area contributed by atoms with Crippen LogP contribution in [0.5, 0.6) is 5.75 Å². The van der Waals surface area contributed by atoms with E-state index >= 15 is 0 Å². The number of benzene rings is 2. The molecule has 0 aliphatic rings. The van der Waals surface area contributed by atoms with Crippen LogP contribution in [0.1, 0.15) is 0 Å². The number of hydrogen-bond acceptors (Lipinski definition) is 7. The third kappa shape index (κ3) is 3.69. The summed E-state index contributed by atoms with van der Waals surface area (Å²) in [6, 6.07) is 13.5. The molecule has 0 unspecified atom stereocenters. The van der Waals surface area contributed by atoms with Crippen LogP contribution in [-0.2, 0) is 0 Å². The molecule has 0 aliphatic heterocycles. The summed E-state index contributed by atoms with van der Waals surface area (Å²) in [5, 5.41) is 17.9. The highest BCUT2D eigenvalue weighted by molar-refractivity contribution is 7.22. The van der Waals surface area contributed by atoms with Crippen molar-refractivity contribution in [1.29, 1.82) is 0 Å². The number of azo groups is 1. The molecule has 1 aromatic heterocycles. The van der Waals surface area contributed by atoms with Gasteiger partial charge in [-0.15, -0.1) is 10.2 Å². The van der Waals surface area contributed by atoms with E-state index in [0.717, 1.165) is 21.6 Å². The van der Waals surface area contributed by atoms with Crippen molar-refractivity contribution in [3.8, 4) is 5.75 Å². The number of aromatic nitrogens is 1. The predicted molar refractivity (Wildman–Crippen MR) is 97.1 cm³/mol. The zero-order valence-corrected chi connectivity index (χ0v) is 14.3. The van der Waals surface area contributed by atoms with Crippen LogP contribution in [-0.4, -0.2) is 37.4 Å². The van der Waals surface area contributed by atoms with Crippen LogP contribution >= 0.6 is 11.3 Å². The Balaban J connectivity index is 1.82. The van der Waals surface area contributed by atoms with Crippen LogP contribution < -0.4 is 9.64 Å². The van der Waals surface area contributed by atoms with Crippen LogP contribution in [0.2, 0.25) is 0 Å². The van der Waals surface area contributed by atoms with Gasteiger partial charge in [0.15, 0.2) is 0 Å². The maximum atomic E-state index is 8.89. The summed E-state index contributed by atoms with van der Waals surface area (Å²) in [5.41, 5.74) is 2.63. The fraction of sp³-hybridized carbons (Fsp3) is 0.235. The van der Waals surface area contributed by atoms with Gasteiger partial charge in [0.05, 0.1) is 17.0 Å². The summed E-state index contributed by atoms with van der Waals surface area (Å²) in [7, 11) is 3.99. The van der Waals surface area contributed by atoms with Crippen molar-refractivity contribution in [1.82, 2.24) is 4.98 Å². The van der Waals surface area contributed by atoms with Crippen LogP contribution in [0.3, 0.4) is 0 Å². The summed E-state index contributed by atoms with van der Waals surface area (Å²) in [5.74, 6) is 0.648. The summed E-state index contributed by atoms with van der Waals surface area (Å²) in [6.45, 7) is 0.210. The van der Waals surface area contributed by atoms with Crippen molar-refractivity contribution >= 4 is 38.1 Å². The highest BCUT2D eigenvalue weighted by Gasteiger charge is 2.08. The summed E-state index contributed by atoms with van der Waals surface area (Å²) in [6.07, 6.45) is 0. The maximum Gasteiger partial charge on any atom is 0.231 e. The lowest BCUT2D eigenvalue weighted by molar-refractivity contribution is 0.202. The molecule has 1 N–H and O–H groups in total. The molecular weight excluding hydrogens is 324 g/mol. The van der Waals surface area contributed by atoms with Gasteiger partial charge in [-0.1, -0.05) is 17.4 Å². The van der Waals surface area contributed by atoms with Gasteiger partial charge >= 0.3 is 0 Å². The number of para-hydroxylation sites is 1. The standard InChI is InChI=1S/C17H18N4O2S/c1-21(2)13-8-6-12(7-9-13)19-20-17-18-16-14(23-11-10-22)4-3-5-15(16)24-17/h3-9,22H,10-11H2,1-2H3. The Kier molecular flexibility index (Phi) is 5.02. The van der Waals surface area contributed by atoms with E-state index < -0.39 is 0 Å². The molecule has 3 rings (SSSR count). The Morgan fingerprint density at radius 3 is 2.62 bits per heavy atom. The number of hydrogen-bond donors (Lipinski definition) is 1. The normalized spacial score (nSPS) is 11.3. The third-order valence-corrected chi connectivity index (χ3v) is 4.24. The van der Waals surface area contributed by atoms with Crippen molar-refractivity contribution < 1.29 is 9.84 Å². The lowest BCUT2D eigenvalue weighted by Crippen LogP contribution is -2.07. The number of aliphatic hydroxyl groups is 1. The lowest BCUT2D eigenvalue weighted by Gasteiger charge is -2.11. The first-order chi connectivity index (χ1) is 11.7. The molecule has 124 valence electrons. The number of anilines is 1. The van der Waals surface area contributed by atoms with E-state index in [9.17, 15) is 0 Å². The Morgan fingerprint density at radius 2 is 1.92 bits per heavy atom. The van der Waals surface area contributed by atoms with Gasteiger partial charge in [0, 0.05) is 19.8 Å². The molecule has 1 heterocycles. The fourth-order valence-corrected chi connectivity index (χ4v) is 2.95. The van der Waals surface area contributed by atoms with Crippen molar-refractivity contribution in [2.24, 2.45) is 10.2 Å². The van der Waals surface area contributed by atoms with Gasteiger partial charge in [-0.2, -0.15) is 0 Å². The van der Waals surface area contributed by atoms with Crippen LogP contribution in [0.15, 0.2) is 52.7 Å². The van der Waals surface area contributed by atoms with E-state index in [-0.39, 0.29) is 13.2 Å². The predicted octanol–water partition coefficient (Wildman–Crippen LogP) is 4.15. The number of fused-ring (bicyclic) bond motifs is 1. The molecule has 7 heteroatoms. The highest BCUT2D eigenvalue weighted by atomic mass is 32.1. The zero-order valence-electron chi connectivity index (χ0n) is 13.5. The number of nitrogens with zero attached hydrogens (tertiary/aromatic N) is 4. The Labute approximate surface area is 144 Å². The van der Waals surface area contributed by atoms with E-state index in [4.69, 9.17) is 9.84 Å². The molecule has 0 bridgehead atoms. The van der Waals surface area contributed by atoms with Crippen molar-refractivity contribution in [2.75, 3.05) is 32.2 Å². The van der Waals surface area contributed by atoms with Crippen LogP contribution in [0, 0.1) is 0 Å². The number of thiazole rings is 1. The second kappa shape index (κ2) is 7.37. The SMILES string of the molecule is CN(C)c1ccc(N=Nc2nc3c(OCCO)cccc3s2)cc1. The largest absolute Gasteiger partial charge is 0.489 e. The summed E-state index contributed by atoms with van der Waals surface area (Å²) >= 11 is 1.45. The number of ether oxygens (including phenoxy) is 1. The van der Waals surface area contributed by atoms with Crippen molar-refractivity contribution in [3.05, 3.63) is 42.5 Å². The summed E-state index contributed by atoms with van der Waals surface area (Å²) < 4.78 is 6.47. The average molecular weight is 342 g/mol. The lowest BCUT2D eigenvalue weighted by atomic mass is 10.3. The Hall–Kier alpha value is -2.51. The van der Waals surface area contributed by atoms with E-state index in [1.54, 1.807) is 0 Å². The van der Waals surface area contributed by atoms with Gasteiger partial charge in [0.1, 0.15) is 17.9 Å². The molecule has 0 fully saturated rings. The molecule has 0 atom stereocenters. The molecule has 6 nitrogen and oxygen atoms in total. The van der Waals surface area contributed by atoms with Gasteiger partial charge in [0.2, 0.25) is 5.13 Å². The van der Waals surface area contributed by atoms with Crippen LogP contribution in [0.25, 0.3) is 10.2 Å². The van der Waals surface area contributed by atoms with Crippen molar-refractivity contribution in [2.45, 2.75) is 0 Å². The third-order valence-electron chi connectivity index (χ3n) is 3.34. The molecule has 2 aromatic carbocycles. The smallest absolute Gasteiger partial charge is 0.231 e. The second-order valence-electron chi connectivity index (χ2n) is 5.28. The van der Waals surface area contributed by atoms with E-state index in [1.807, 2.05) is 61.5 Å². The summed E-state index contributed by atoms with van der Waals surface area (Å²) in [4.78, 5) is 6.50. The molecule has 0 saturated carbocycles. The minimum absolute atomic E-state index is 0.0317. The van der Waals surface area contributed by atoms with Gasteiger partial charge in [0.25, 0.3) is 0 Å². The zero-order chi connectivity index (χ0) is 16.9. The molecule has 0 amide bonds. The molecule has 0 spiro atoms. The second-order valence-corrected chi connectivity index (χ2v) is 6.29. The van der Waals surface area contributed by atoms with E-state index in [1.165, 1.54) is 11.3 Å². The highest BCUT2D eigenvalue weighted by Crippen LogP contribution is 2.34. The van der Waals surface area contributed by atoms with Crippen molar-refractivity contribution in [3.63, 3.8) is 0 Å². The first-order valence-electron chi connectivity index (χ1n) is 7.50. The van der Waals surface area contributed by atoms with Gasteiger partial charge in [-0.05, 0) is 36.4 Å². The molecular formula is C17H18N4O2S. The van der Waals surface area contributed by atoms with Gasteiger partial charge < -0.3 is 14.7 Å². The molecule has 3 aromatic rings. The first-order valence-corrected chi connectivity index (χ1v) is 8.31. The van der Waals surface area contributed by atoms with Gasteiger partial charge in [-0.25, -0.2) is 4.98 Å². The molecule has 0 saturated heterocycles. The number of aliphatic hydroxyl groups excluding tert-OH is 1. The quantitative estimate of drug-likeness (QED) is 0.683. The molecule has 0 radical (unpaired) electrons. The van der Waals surface area contributed by atoms with E-state index in [0.29, 0.717) is 10.9 Å². The Morgan fingerprint density at radius 1 is 1.12 bits per heavy atom. The topological polar surface area (TPSA) is 70.3 Å². The molecule has 0 aliphatic carbocycles. The van der Waals surface area contributed by atoms with E-state index in [2.05, 4.69) is 15.2 Å². The maximum absolute atomic E-state index is 8.89. The Bertz CT molecular complexity index is 843. The monoisotopic (exact) mass is 342 g/mol. The molecule has 24 heavy (non-hydrogen) atoms. The first kappa shape index (κ1) is 16.4. The van der Waals surface area contributed by atoms with Gasteiger partial charge in [-0.3, -0.25) is 0 Å². The van der Waals surface area contributed by atoms with Crippen LogP contribution in [0.4, 0.5) is 16.5 Å². The fourth-order valence-electron chi connectivity index (χ4n) is 2.14. The average Bonchev–Trinajstić information content (AvgIpc) is 3.02. The minimum Gasteiger partial charge on any atom is -0.489 e. The minimum atomic E-state index is -0.0317. The number of rotatable bonds is 6.